The van der Waals surface area contributed by atoms with E-state index in [1.807, 2.05) is 18.2 Å². The Hall–Kier alpha value is -1.11. The van der Waals surface area contributed by atoms with Crippen molar-refractivity contribution < 1.29 is 29.8 Å². The molecule has 18 heavy (non-hydrogen) atoms. The van der Waals surface area contributed by atoms with Crippen LogP contribution in [0.25, 0.3) is 11.3 Å². The first-order valence-corrected chi connectivity index (χ1v) is 5.21. The van der Waals surface area contributed by atoms with Crippen molar-refractivity contribution in [1.82, 2.24) is 4.98 Å². The molecule has 91 valence electrons. The molecule has 0 aliphatic carbocycles. The van der Waals surface area contributed by atoms with Crippen LogP contribution >= 0.6 is 0 Å². The summed E-state index contributed by atoms with van der Waals surface area (Å²) in [5, 5.41) is 0. The monoisotopic (exact) mass is 238 g/mol. The zero-order chi connectivity index (χ0) is 10.7. The van der Waals surface area contributed by atoms with Crippen molar-refractivity contribution in [1.29, 1.82) is 0 Å². The number of hydrogen-bond donors (Lipinski definition) is 0. The van der Waals surface area contributed by atoms with E-state index in [0.29, 0.717) is 5.92 Å². The number of rotatable bonds is 2. The third-order valence-corrected chi connectivity index (χ3v) is 2.48. The number of pyridine rings is 1. The molecule has 0 fully saturated rings. The average Bonchev–Trinajstić information content (AvgIpc) is 2.30. The molecule has 4 heteroatoms. The van der Waals surface area contributed by atoms with Gasteiger partial charge in [0.2, 0.25) is 0 Å². The van der Waals surface area contributed by atoms with Crippen LogP contribution in [-0.2, 0) is 0 Å². The molecule has 0 aliphatic rings. The van der Waals surface area contributed by atoms with Gasteiger partial charge in [-0.1, -0.05) is 44.2 Å². The molecule has 3 nitrogen and oxygen atoms in total. The normalized spacial score (nSPS) is 8.83. The van der Waals surface area contributed by atoms with E-state index in [1.54, 1.807) is 0 Å². The summed E-state index contributed by atoms with van der Waals surface area (Å²) in [7, 11) is 0. The topological polar surface area (TPSA) is 74.4 Å². The summed E-state index contributed by atoms with van der Waals surface area (Å²) >= 11 is 0. The summed E-state index contributed by atoms with van der Waals surface area (Å²) < 4.78 is 0. The third-order valence-electron chi connectivity index (χ3n) is 2.48. The van der Waals surface area contributed by atoms with Gasteiger partial charge in [0, 0.05) is 5.56 Å². The molecule has 0 saturated heterocycles. The van der Waals surface area contributed by atoms with Crippen LogP contribution in [0.1, 0.15) is 25.3 Å². The van der Waals surface area contributed by atoms with Crippen LogP contribution in [0.3, 0.4) is 0 Å². The molecule has 2 rings (SSSR count). The van der Waals surface area contributed by atoms with E-state index in [0.717, 1.165) is 11.3 Å². The first kappa shape index (κ1) is 19.2. The van der Waals surface area contributed by atoms with Crippen LogP contribution in [0.2, 0.25) is 0 Å². The van der Waals surface area contributed by atoms with E-state index < -0.39 is 0 Å². The first-order chi connectivity index (χ1) is 7.27. The summed E-state index contributed by atoms with van der Waals surface area (Å²) in [4.78, 5) is 4.20. The summed E-state index contributed by atoms with van der Waals surface area (Å²) in [5.41, 5.74) is 3.49. The molecule has 0 spiro atoms. The molecule has 1 radical (unpaired) electrons. The van der Waals surface area contributed by atoms with Crippen molar-refractivity contribution >= 4 is 0 Å². The average molecular weight is 238 g/mol. The fourth-order valence-corrected chi connectivity index (χ4v) is 1.53. The van der Waals surface area contributed by atoms with Gasteiger partial charge in [0.25, 0.3) is 0 Å². The van der Waals surface area contributed by atoms with Crippen LogP contribution in [0.5, 0.6) is 0 Å². The van der Waals surface area contributed by atoms with Gasteiger partial charge in [-0.2, -0.15) is 0 Å². The van der Waals surface area contributed by atoms with Gasteiger partial charge < -0.3 is 11.0 Å². The van der Waals surface area contributed by atoms with Crippen molar-refractivity contribution in [2.24, 2.45) is 0 Å². The maximum absolute atomic E-state index is 4.20. The van der Waals surface area contributed by atoms with Crippen molar-refractivity contribution in [2.75, 3.05) is 0 Å². The smallest absolute Gasteiger partial charge is 0.870 e. The zero-order valence-corrected chi connectivity index (χ0v) is 11.0. The Bertz CT molecular complexity index is 429. The Labute approximate surface area is 120 Å². The molecule has 1 heterocycles. The van der Waals surface area contributed by atoms with Crippen molar-refractivity contribution in [3.8, 4) is 11.3 Å². The van der Waals surface area contributed by atoms with Crippen LogP contribution in [0.4, 0.5) is 0 Å². The second-order valence-corrected chi connectivity index (χ2v) is 3.93. The van der Waals surface area contributed by atoms with Gasteiger partial charge in [-0.25, -0.2) is 4.98 Å². The Kier molecular flexibility index (Phi) is 9.51. The van der Waals surface area contributed by atoms with E-state index in [-0.39, 0.29) is 29.8 Å². The molecule has 1 aromatic heterocycles. The quantitative estimate of drug-likeness (QED) is 0.672. The molecule has 0 atom stereocenters. The Morgan fingerprint density at radius 2 is 1.67 bits per heavy atom. The maximum atomic E-state index is 4.20. The van der Waals surface area contributed by atoms with Gasteiger partial charge in [-0.05, 0) is 23.6 Å². The molecular weight excluding hydrogens is 221 g/mol. The largest absolute Gasteiger partial charge is 1.00 e. The van der Waals surface area contributed by atoms with Gasteiger partial charge in [-0.3, -0.25) is 0 Å². The molecule has 0 saturated carbocycles. The summed E-state index contributed by atoms with van der Waals surface area (Å²) in [5.74, 6) is 0.578. The van der Waals surface area contributed by atoms with Gasteiger partial charge in [0.05, 0.1) is 11.9 Å². The minimum absolute atomic E-state index is 0. The third kappa shape index (κ3) is 4.64. The second-order valence-electron chi connectivity index (χ2n) is 3.93. The Morgan fingerprint density at radius 1 is 1.06 bits per heavy atom. The van der Waals surface area contributed by atoms with Gasteiger partial charge in [-0.15, -0.1) is 0 Å². The first-order valence-electron chi connectivity index (χ1n) is 5.21. The summed E-state index contributed by atoms with van der Waals surface area (Å²) in [6.07, 6.45) is 2.85. The van der Waals surface area contributed by atoms with Crippen LogP contribution < -0.4 is 18.9 Å². The fraction of sp³-hybridized carbons (Fsp3) is 0.214. The minimum Gasteiger partial charge on any atom is -0.870 e. The Balaban J connectivity index is 0. The number of nitrogens with zero attached hydrogens (tertiary/aromatic N) is 1. The van der Waals surface area contributed by atoms with E-state index >= 15 is 0 Å². The fourth-order valence-electron chi connectivity index (χ4n) is 1.53. The molecular formula is C14H17LiNO2. The van der Waals surface area contributed by atoms with Crippen molar-refractivity contribution in [3.63, 3.8) is 0 Å². The molecule has 0 unspecified atom stereocenters. The summed E-state index contributed by atoms with van der Waals surface area (Å²) in [6.45, 7) is 4.40. The SMILES string of the molecule is CC(C)c1ccc(-c2ccc[c]n2)cc1.O.[Li+].[OH-]. The van der Waals surface area contributed by atoms with E-state index in [9.17, 15) is 0 Å². The molecule has 0 amide bonds. The molecule has 3 N–H and O–H groups in total. The van der Waals surface area contributed by atoms with E-state index in [1.165, 1.54) is 5.56 Å². The standard InChI is InChI=1S/C14H14N.Li.2H2O/c1-11(2)12-6-8-13(9-7-12)14-5-3-4-10-15-14;;;/h3-9,11H,1-2H3;;2*1H2/q;+1;;/p-1. The van der Waals surface area contributed by atoms with E-state index in [4.69, 9.17) is 0 Å². The molecule has 2 aromatic rings. The van der Waals surface area contributed by atoms with E-state index in [2.05, 4.69) is 49.3 Å². The number of benzene rings is 1. The van der Waals surface area contributed by atoms with Crippen LogP contribution in [0, 0.1) is 6.20 Å². The van der Waals surface area contributed by atoms with Gasteiger partial charge in [0.1, 0.15) is 0 Å². The second kappa shape index (κ2) is 8.90. The van der Waals surface area contributed by atoms with Crippen LogP contribution in [0.15, 0.2) is 42.5 Å². The van der Waals surface area contributed by atoms with Crippen molar-refractivity contribution in [3.05, 3.63) is 54.2 Å². The maximum Gasteiger partial charge on any atom is 1.00 e. The van der Waals surface area contributed by atoms with Gasteiger partial charge in [0.15, 0.2) is 0 Å². The van der Waals surface area contributed by atoms with Crippen molar-refractivity contribution in [2.45, 2.75) is 19.8 Å². The number of aromatic nitrogens is 1. The minimum atomic E-state index is 0. The van der Waals surface area contributed by atoms with Crippen LogP contribution in [-0.4, -0.2) is 15.9 Å². The zero-order valence-electron chi connectivity index (χ0n) is 11.0. The predicted octanol–water partition coefficient (Wildman–Crippen LogP) is -0.325. The Morgan fingerprint density at radius 3 is 2.11 bits per heavy atom. The van der Waals surface area contributed by atoms with Gasteiger partial charge >= 0.3 is 18.9 Å². The molecule has 0 bridgehead atoms. The molecule has 0 aliphatic heterocycles. The predicted molar refractivity (Wildman–Crippen MR) is 68.1 cm³/mol. The molecule has 1 aromatic carbocycles. The summed E-state index contributed by atoms with van der Waals surface area (Å²) in [6, 6.07) is 14.3. The number of hydrogen-bond acceptors (Lipinski definition) is 2.